The fourth-order valence-corrected chi connectivity index (χ4v) is 1.25. The standard InChI is InChI=1S/C12H17O/c1-9(2)11-5-4-6-12(7-11)10(3)8-13/h4-7,9,13H,8H2,1-3H3. The molecule has 13 heavy (non-hydrogen) atoms. The molecule has 0 aliphatic carbocycles. The Morgan fingerprint density at radius 2 is 2.08 bits per heavy atom. The van der Waals surface area contributed by atoms with E-state index in [4.69, 9.17) is 5.11 Å². The zero-order valence-electron chi connectivity index (χ0n) is 8.54. The number of hydrogen-bond donors (Lipinski definition) is 1. The van der Waals surface area contributed by atoms with Crippen LogP contribution in [-0.2, 0) is 0 Å². The molecule has 0 aliphatic rings. The molecule has 0 saturated heterocycles. The van der Waals surface area contributed by atoms with Gasteiger partial charge in [-0.1, -0.05) is 45.0 Å². The summed E-state index contributed by atoms with van der Waals surface area (Å²) in [6.07, 6.45) is 0. The van der Waals surface area contributed by atoms with Gasteiger partial charge in [-0.25, -0.2) is 0 Å². The van der Waals surface area contributed by atoms with Crippen LogP contribution in [0.4, 0.5) is 0 Å². The van der Waals surface area contributed by atoms with Gasteiger partial charge in [0.15, 0.2) is 0 Å². The molecule has 1 radical (unpaired) electrons. The third-order valence-electron chi connectivity index (χ3n) is 2.28. The van der Waals surface area contributed by atoms with Gasteiger partial charge in [-0.15, -0.1) is 0 Å². The first-order valence-electron chi connectivity index (χ1n) is 4.68. The Morgan fingerprint density at radius 3 is 2.62 bits per heavy atom. The fourth-order valence-electron chi connectivity index (χ4n) is 1.25. The molecule has 1 nitrogen and oxygen atoms in total. The minimum atomic E-state index is 0.140. The molecule has 0 fully saturated rings. The Bertz CT molecular complexity index is 266. The normalized spacial score (nSPS) is 11.2. The van der Waals surface area contributed by atoms with E-state index in [9.17, 15) is 0 Å². The summed E-state index contributed by atoms with van der Waals surface area (Å²) in [5, 5.41) is 8.98. The van der Waals surface area contributed by atoms with Crippen LogP contribution in [0.3, 0.4) is 0 Å². The molecule has 0 amide bonds. The Balaban J connectivity index is 2.91. The predicted octanol–water partition coefficient (Wildman–Crippen LogP) is 2.74. The lowest BCUT2D eigenvalue weighted by Gasteiger charge is -2.11. The molecule has 0 unspecified atom stereocenters. The van der Waals surface area contributed by atoms with Crippen LogP contribution in [0.2, 0.25) is 0 Å². The second-order valence-corrected chi connectivity index (χ2v) is 3.72. The van der Waals surface area contributed by atoms with Gasteiger partial charge in [-0.3, -0.25) is 0 Å². The van der Waals surface area contributed by atoms with Crippen LogP contribution in [0.5, 0.6) is 0 Å². The van der Waals surface area contributed by atoms with Crippen molar-refractivity contribution in [2.75, 3.05) is 6.61 Å². The van der Waals surface area contributed by atoms with Crippen LogP contribution in [0.1, 0.15) is 37.8 Å². The molecular formula is C12H17O. The molecule has 1 aromatic rings. The number of aliphatic hydroxyl groups is 1. The Morgan fingerprint density at radius 1 is 1.38 bits per heavy atom. The second kappa shape index (κ2) is 4.43. The van der Waals surface area contributed by atoms with E-state index in [1.165, 1.54) is 5.56 Å². The van der Waals surface area contributed by atoms with E-state index in [0.717, 1.165) is 11.5 Å². The highest BCUT2D eigenvalue weighted by atomic mass is 16.3. The molecule has 71 valence electrons. The molecule has 0 spiro atoms. The van der Waals surface area contributed by atoms with Gasteiger partial charge in [0.25, 0.3) is 0 Å². The van der Waals surface area contributed by atoms with E-state index < -0.39 is 0 Å². The van der Waals surface area contributed by atoms with Gasteiger partial charge in [0, 0.05) is 5.92 Å². The summed E-state index contributed by atoms with van der Waals surface area (Å²) in [5.41, 5.74) is 2.47. The van der Waals surface area contributed by atoms with Crippen LogP contribution in [0, 0.1) is 5.92 Å². The lowest BCUT2D eigenvalue weighted by Crippen LogP contribution is -2.00. The number of benzene rings is 1. The van der Waals surface area contributed by atoms with Crippen LogP contribution in [0.25, 0.3) is 0 Å². The maximum absolute atomic E-state index is 8.98. The van der Waals surface area contributed by atoms with Gasteiger partial charge < -0.3 is 5.11 Å². The van der Waals surface area contributed by atoms with Crippen molar-refractivity contribution in [2.24, 2.45) is 0 Å². The van der Waals surface area contributed by atoms with Crippen LogP contribution >= 0.6 is 0 Å². The summed E-state index contributed by atoms with van der Waals surface area (Å²) >= 11 is 0. The quantitative estimate of drug-likeness (QED) is 0.752. The summed E-state index contributed by atoms with van der Waals surface area (Å²) in [6, 6.07) is 8.36. The van der Waals surface area contributed by atoms with Gasteiger partial charge >= 0.3 is 0 Å². The van der Waals surface area contributed by atoms with Gasteiger partial charge in [0.05, 0.1) is 6.61 Å². The second-order valence-electron chi connectivity index (χ2n) is 3.72. The molecule has 0 heterocycles. The van der Waals surface area contributed by atoms with Crippen molar-refractivity contribution in [3.63, 3.8) is 0 Å². The average Bonchev–Trinajstić information content (AvgIpc) is 2.17. The van der Waals surface area contributed by atoms with E-state index in [2.05, 4.69) is 26.0 Å². The topological polar surface area (TPSA) is 20.2 Å². The molecule has 0 aliphatic heterocycles. The van der Waals surface area contributed by atoms with Gasteiger partial charge in [0.2, 0.25) is 0 Å². The molecule has 0 atom stereocenters. The van der Waals surface area contributed by atoms with Gasteiger partial charge in [-0.05, 0) is 17.0 Å². The van der Waals surface area contributed by atoms with Crippen molar-refractivity contribution in [1.82, 2.24) is 0 Å². The Labute approximate surface area is 80.4 Å². The van der Waals surface area contributed by atoms with Crippen molar-refractivity contribution in [1.29, 1.82) is 0 Å². The summed E-state index contributed by atoms with van der Waals surface area (Å²) in [5.74, 6) is 1.58. The number of hydrogen-bond acceptors (Lipinski definition) is 1. The van der Waals surface area contributed by atoms with Crippen LogP contribution in [-0.4, -0.2) is 11.7 Å². The average molecular weight is 177 g/mol. The molecule has 1 aromatic carbocycles. The van der Waals surface area contributed by atoms with Crippen molar-refractivity contribution < 1.29 is 5.11 Å². The zero-order valence-corrected chi connectivity index (χ0v) is 8.54. The highest BCUT2D eigenvalue weighted by Gasteiger charge is 2.06. The molecular weight excluding hydrogens is 160 g/mol. The zero-order chi connectivity index (χ0) is 9.84. The van der Waals surface area contributed by atoms with Crippen molar-refractivity contribution in [2.45, 2.75) is 26.7 Å². The van der Waals surface area contributed by atoms with E-state index in [1.807, 2.05) is 19.1 Å². The third kappa shape index (κ3) is 2.56. The molecule has 0 bridgehead atoms. The van der Waals surface area contributed by atoms with Crippen molar-refractivity contribution in [3.8, 4) is 0 Å². The van der Waals surface area contributed by atoms with E-state index in [1.54, 1.807) is 0 Å². The molecule has 1 heteroatoms. The number of aliphatic hydroxyl groups excluding tert-OH is 1. The maximum atomic E-state index is 8.98. The number of rotatable bonds is 3. The summed E-state index contributed by atoms with van der Waals surface area (Å²) in [4.78, 5) is 0. The SMILES string of the molecule is C[C](CO)c1cccc(C(C)C)c1. The highest BCUT2D eigenvalue weighted by molar-refractivity contribution is 5.34. The van der Waals surface area contributed by atoms with Crippen LogP contribution < -0.4 is 0 Å². The van der Waals surface area contributed by atoms with Crippen molar-refractivity contribution in [3.05, 3.63) is 41.3 Å². The van der Waals surface area contributed by atoms with Crippen molar-refractivity contribution >= 4 is 0 Å². The van der Waals surface area contributed by atoms with Gasteiger partial charge in [-0.2, -0.15) is 0 Å². The fraction of sp³-hybridized carbons (Fsp3) is 0.417. The summed E-state index contributed by atoms with van der Waals surface area (Å²) in [6.45, 7) is 6.45. The first-order chi connectivity index (χ1) is 6.15. The molecule has 0 saturated carbocycles. The van der Waals surface area contributed by atoms with E-state index in [-0.39, 0.29) is 6.61 Å². The third-order valence-corrected chi connectivity index (χ3v) is 2.28. The largest absolute Gasteiger partial charge is 0.395 e. The minimum Gasteiger partial charge on any atom is -0.395 e. The first-order valence-corrected chi connectivity index (χ1v) is 4.68. The predicted molar refractivity (Wildman–Crippen MR) is 55.6 cm³/mol. The lowest BCUT2D eigenvalue weighted by molar-refractivity contribution is 0.315. The molecule has 1 rings (SSSR count). The lowest BCUT2D eigenvalue weighted by atomic mass is 9.95. The Hall–Kier alpha value is -0.820. The summed E-state index contributed by atoms with van der Waals surface area (Å²) in [7, 11) is 0. The van der Waals surface area contributed by atoms with E-state index >= 15 is 0 Å². The monoisotopic (exact) mass is 177 g/mol. The first kappa shape index (κ1) is 10.3. The molecule has 0 aromatic heterocycles. The van der Waals surface area contributed by atoms with Crippen LogP contribution in [0.15, 0.2) is 24.3 Å². The smallest absolute Gasteiger partial charge is 0.0534 e. The van der Waals surface area contributed by atoms with Gasteiger partial charge in [0.1, 0.15) is 0 Å². The summed E-state index contributed by atoms with van der Waals surface area (Å²) < 4.78 is 0. The Kier molecular flexibility index (Phi) is 3.49. The molecule has 1 N–H and O–H groups in total. The highest BCUT2D eigenvalue weighted by Crippen LogP contribution is 2.20. The minimum absolute atomic E-state index is 0.140. The maximum Gasteiger partial charge on any atom is 0.0534 e. The van der Waals surface area contributed by atoms with E-state index in [0.29, 0.717) is 5.92 Å².